The zero-order chi connectivity index (χ0) is 80.4. The predicted octanol–water partition coefficient (Wildman–Crippen LogP) is 15.7. The number of ether oxygens (including phenoxy) is 2. The monoisotopic (exact) mass is 1740 g/mol. The van der Waals surface area contributed by atoms with Crippen molar-refractivity contribution < 1.29 is 17.9 Å². The van der Waals surface area contributed by atoms with Crippen molar-refractivity contribution >= 4 is 137 Å². The Bertz CT molecular complexity index is 5470. The number of aromatic nitrogens is 12. The summed E-state index contributed by atoms with van der Waals surface area (Å²) in [6, 6.07) is 42.0. The van der Waals surface area contributed by atoms with Crippen molar-refractivity contribution in [2.45, 2.75) is 140 Å². The standard InChI is InChI=1S/C30H37N7O2S.C26H27IN6O.C22H26ClN5OS.C5HCl2N3/c1-29(2,3)40(38)35-26-23-8-6-5-7-21(23)17-30(26)13-15-36(16-14-30)24-18-32-25-27(31)34-37(28(25)33-24)19-20-9-11-22(39-4)12-10-20;1-34-19-8-6-17(7-9-19)16-33-25-22(24(27)31-33)29-15-21(30-25)32-12-10-26(11-13-32)14-18-4-2-3-5-20(18)23(26)28;1-21(2,3)30(29)27-18-16-8-6-5-7-15(16)13-22(18)9-11-28(12-10-22)17-14-25-20(24-4)19(23)26-17;1-8-5-4(7)10-3(6)2-9-5/h5-12,18,26,35H,13-17,19H2,1-4H3,(H2,31,34);2-9,15,23H,10-14,16,28H2,1H3;5-8,14,18,27H,9-13H2,1-3H3;2H/t26-,40-;23-;18-,30-;/m111./s1. The van der Waals surface area contributed by atoms with E-state index in [-0.39, 0.29) is 71.0 Å². The van der Waals surface area contributed by atoms with Gasteiger partial charge in [-0.25, -0.2) is 57.1 Å². The molecule has 3 fully saturated rings. The van der Waals surface area contributed by atoms with Crippen LogP contribution in [0.2, 0.25) is 15.5 Å². The first kappa shape index (κ1) is 81.5. The van der Waals surface area contributed by atoms with Gasteiger partial charge >= 0.3 is 11.6 Å². The number of halogens is 4. The van der Waals surface area contributed by atoms with E-state index in [1.807, 2.05) is 99.7 Å². The third-order valence-electron chi connectivity index (χ3n) is 22.9. The number of rotatable bonds is 13. The van der Waals surface area contributed by atoms with Gasteiger partial charge in [-0.15, -0.1) is 9.97 Å². The van der Waals surface area contributed by atoms with E-state index >= 15 is 0 Å². The number of nitrogen functional groups attached to an aromatic ring is 1. The second-order valence-corrected chi connectivity index (χ2v) is 38.0. The van der Waals surface area contributed by atoms with Crippen LogP contribution in [-0.4, -0.2) is 131 Å². The Morgan fingerprint density at radius 1 is 0.518 bits per heavy atom. The molecule has 0 unspecified atom stereocenters. The van der Waals surface area contributed by atoms with Crippen molar-refractivity contribution in [1.29, 1.82) is 0 Å². The van der Waals surface area contributed by atoms with Crippen LogP contribution < -0.4 is 45.1 Å². The topological polar surface area (TPSA) is 286 Å². The molecule has 0 radical (unpaired) electrons. The summed E-state index contributed by atoms with van der Waals surface area (Å²) in [5.41, 5.74) is 26.4. The number of hydrogen-bond acceptors (Lipinski definition) is 19. The molecule has 0 saturated carbocycles. The van der Waals surface area contributed by atoms with Crippen molar-refractivity contribution in [3.8, 4) is 11.5 Å². The number of nitrogens with two attached hydrogens (primary N) is 2. The van der Waals surface area contributed by atoms with Crippen molar-refractivity contribution in [2.75, 3.05) is 73.9 Å². The summed E-state index contributed by atoms with van der Waals surface area (Å²) in [5.74, 6) is 4.70. The second kappa shape index (κ2) is 34.0. The second-order valence-electron chi connectivity index (χ2n) is 31.9. The number of nitrogens with zero attached hydrogens (tertiary/aromatic N) is 17. The maximum absolute atomic E-state index is 13.2. The predicted molar refractivity (Wildman–Crippen MR) is 460 cm³/mol. The molecule has 114 heavy (non-hydrogen) atoms. The van der Waals surface area contributed by atoms with Gasteiger partial charge in [0.15, 0.2) is 60.0 Å². The van der Waals surface area contributed by atoms with Gasteiger partial charge in [-0.2, -0.15) is 10.2 Å². The average Bonchev–Trinajstić information content (AvgIpc) is 1.60. The third-order valence-corrected chi connectivity index (χ3v) is 27.4. The van der Waals surface area contributed by atoms with Crippen LogP contribution in [-0.2, 0) is 54.3 Å². The molecule has 3 saturated heterocycles. The van der Waals surface area contributed by atoms with Gasteiger partial charge in [0.05, 0.1) is 83.3 Å². The zero-order valence-corrected chi connectivity index (χ0v) is 70.9. The fourth-order valence-corrected chi connectivity index (χ4v) is 19.5. The van der Waals surface area contributed by atoms with Crippen LogP contribution in [0.1, 0.15) is 143 Å². The summed E-state index contributed by atoms with van der Waals surface area (Å²) in [6.45, 7) is 32.1. The summed E-state index contributed by atoms with van der Waals surface area (Å²) in [5, 5.41) is 9.64. The molecule has 3 aliphatic heterocycles. The normalized spacial score (nSPS) is 18.8. The van der Waals surface area contributed by atoms with E-state index in [1.54, 1.807) is 20.4 Å². The molecular formula is C83H91Cl3IN21O4S2. The fraction of sp³-hybridized carbons (Fsp3) is 0.398. The summed E-state index contributed by atoms with van der Waals surface area (Å²) in [6.07, 6.45) is 15.6. The molecule has 17 rings (SSSR count). The van der Waals surface area contributed by atoms with E-state index in [0.29, 0.717) is 35.9 Å². The summed E-state index contributed by atoms with van der Waals surface area (Å²) < 4.78 is 47.8. The first-order valence-electron chi connectivity index (χ1n) is 37.9. The molecule has 25 nitrogen and oxygen atoms in total. The highest BCUT2D eigenvalue weighted by Gasteiger charge is 2.51. The maximum atomic E-state index is 13.2. The van der Waals surface area contributed by atoms with Crippen LogP contribution >= 0.6 is 57.4 Å². The highest BCUT2D eigenvalue weighted by molar-refractivity contribution is 14.1. The van der Waals surface area contributed by atoms with Gasteiger partial charge in [0.2, 0.25) is 0 Å². The molecule has 592 valence electrons. The Balaban J connectivity index is 0.000000134. The molecule has 6 N–H and O–H groups in total. The molecule has 5 atom stereocenters. The van der Waals surface area contributed by atoms with Gasteiger partial charge < -0.3 is 45.3 Å². The van der Waals surface area contributed by atoms with Crippen molar-refractivity contribution in [3.63, 3.8) is 0 Å². The van der Waals surface area contributed by atoms with Gasteiger partial charge in [-0.05, 0) is 207 Å². The fourth-order valence-electron chi connectivity index (χ4n) is 16.5. The van der Waals surface area contributed by atoms with E-state index in [1.165, 1.54) is 39.6 Å². The van der Waals surface area contributed by atoms with Crippen molar-refractivity contribution in [2.24, 2.45) is 22.0 Å². The Labute approximate surface area is 698 Å². The minimum atomic E-state index is -1.16. The van der Waals surface area contributed by atoms with Crippen molar-refractivity contribution in [1.82, 2.24) is 68.9 Å². The molecule has 31 heteroatoms. The van der Waals surface area contributed by atoms with Crippen LogP contribution in [0.4, 0.5) is 34.9 Å². The maximum Gasteiger partial charge on any atom is 0.307 e. The molecule has 5 aromatic carbocycles. The van der Waals surface area contributed by atoms with Gasteiger partial charge in [0.1, 0.15) is 28.7 Å². The lowest BCUT2D eigenvalue weighted by atomic mass is 9.73. The molecule has 11 aromatic rings. The molecule has 6 aromatic heterocycles. The van der Waals surface area contributed by atoms with Gasteiger partial charge in [-0.3, -0.25) is 0 Å². The SMILES string of the molecule is COc1ccc(Cn2nc(I)c3ncc(N4CCC5(CC4)Cc4ccccc4[C@H]5N)nc32)cc1.COc1ccc(Cn2nc(N)c3ncc(N4CCC5(CC4)Cc4ccccc4[C@H]5N[S@](=O)C(C)(C)C)nc32)cc1.[C-]#[N+]c1ncc(Cl)nc1Cl.[C-]#[N+]c1ncc(N2CCC3(CC2)Cc2ccccc2[C@H]3N[S@](=O)C(C)(C)C)nc1Cl. The lowest BCUT2D eigenvalue weighted by molar-refractivity contribution is 0.177. The minimum Gasteiger partial charge on any atom is -0.497 e. The molecule has 3 spiro atoms. The lowest BCUT2D eigenvalue weighted by Gasteiger charge is -2.44. The Kier molecular flexibility index (Phi) is 24.3. The van der Waals surface area contributed by atoms with Gasteiger partial charge in [0, 0.05) is 45.3 Å². The van der Waals surface area contributed by atoms with Crippen molar-refractivity contribution in [3.05, 3.63) is 233 Å². The first-order chi connectivity index (χ1) is 54.7. The number of nitrogens with one attached hydrogen (secondary N) is 2. The quantitative estimate of drug-likeness (QED) is 0.0616. The number of piperidine rings is 3. The lowest BCUT2D eigenvalue weighted by Crippen LogP contribution is -2.48. The number of hydrogen-bond donors (Lipinski definition) is 4. The first-order valence-corrected chi connectivity index (χ1v) is 42.4. The molecule has 3 aliphatic carbocycles. The Hall–Kier alpha value is -9.08. The molecule has 0 bridgehead atoms. The smallest absolute Gasteiger partial charge is 0.307 e. The number of fused-ring (bicyclic) bond motifs is 5. The number of anilines is 4. The molecular weight excluding hydrogens is 1650 g/mol. The number of methoxy groups -OCH3 is 2. The van der Waals surface area contributed by atoms with Crippen LogP contribution in [0, 0.1) is 33.1 Å². The van der Waals surface area contributed by atoms with E-state index in [9.17, 15) is 8.42 Å². The van der Waals surface area contributed by atoms with Crippen LogP contribution in [0.25, 0.3) is 32.0 Å². The number of benzene rings is 5. The van der Waals surface area contributed by atoms with Crippen LogP contribution in [0.15, 0.2) is 146 Å². The molecule has 9 heterocycles. The Morgan fingerprint density at radius 3 is 1.32 bits per heavy atom. The molecule has 0 amide bonds. The largest absolute Gasteiger partial charge is 0.497 e. The Morgan fingerprint density at radius 2 is 0.895 bits per heavy atom. The van der Waals surface area contributed by atoms with E-state index in [0.717, 1.165) is 146 Å². The van der Waals surface area contributed by atoms with E-state index < -0.39 is 22.0 Å². The molecule has 6 aliphatic rings. The van der Waals surface area contributed by atoms with E-state index in [2.05, 4.69) is 171 Å². The van der Waals surface area contributed by atoms with Crippen LogP contribution in [0.3, 0.4) is 0 Å². The van der Waals surface area contributed by atoms with Gasteiger partial charge in [-0.1, -0.05) is 145 Å². The average molecular weight is 1740 g/mol. The highest BCUT2D eigenvalue weighted by Crippen LogP contribution is 2.55. The zero-order valence-electron chi connectivity index (χ0n) is 64.8. The van der Waals surface area contributed by atoms with Gasteiger partial charge in [0.25, 0.3) is 0 Å². The van der Waals surface area contributed by atoms with Crippen LogP contribution in [0.5, 0.6) is 11.5 Å². The third kappa shape index (κ3) is 17.3. The summed E-state index contributed by atoms with van der Waals surface area (Å²) >= 11 is 19.2. The highest BCUT2D eigenvalue weighted by atomic mass is 127. The van der Waals surface area contributed by atoms with E-state index in [4.69, 9.17) is 88.9 Å². The summed E-state index contributed by atoms with van der Waals surface area (Å²) in [7, 11) is 1.03. The minimum absolute atomic E-state index is 0.0131. The summed E-state index contributed by atoms with van der Waals surface area (Å²) in [4.78, 5) is 48.3.